The van der Waals surface area contributed by atoms with Crippen molar-refractivity contribution in [3.63, 3.8) is 0 Å². The second-order valence-electron chi connectivity index (χ2n) is 5.57. The van der Waals surface area contributed by atoms with Crippen LogP contribution in [0.3, 0.4) is 0 Å². The van der Waals surface area contributed by atoms with Crippen molar-refractivity contribution in [3.05, 3.63) is 0 Å². The zero-order valence-corrected chi connectivity index (χ0v) is 12.8. The summed E-state index contributed by atoms with van der Waals surface area (Å²) >= 11 is 5.33. The minimum atomic E-state index is 0.552. The summed E-state index contributed by atoms with van der Waals surface area (Å²) in [4.78, 5) is 0. The largest absolute Gasteiger partial charge is 0.382 e. The Bertz CT molecular complexity index is 238. The van der Waals surface area contributed by atoms with E-state index in [0.717, 1.165) is 43.1 Å². The first-order valence-electron chi connectivity index (χ1n) is 7.24. The van der Waals surface area contributed by atoms with E-state index < -0.39 is 0 Å². The van der Waals surface area contributed by atoms with Crippen LogP contribution in [0.2, 0.25) is 0 Å². The van der Waals surface area contributed by atoms with E-state index in [1.165, 1.54) is 19.3 Å². The fourth-order valence-corrected chi connectivity index (χ4v) is 3.09. The molecule has 1 fully saturated rings. The molecule has 106 valence electrons. The molecule has 0 spiro atoms. The molecule has 2 N–H and O–H groups in total. The molecule has 1 rings (SSSR count). The van der Waals surface area contributed by atoms with Crippen molar-refractivity contribution < 1.29 is 4.74 Å². The van der Waals surface area contributed by atoms with E-state index in [4.69, 9.17) is 17.0 Å². The van der Waals surface area contributed by atoms with Gasteiger partial charge in [0.2, 0.25) is 0 Å². The zero-order chi connectivity index (χ0) is 13.4. The quantitative estimate of drug-likeness (QED) is 0.575. The van der Waals surface area contributed by atoms with Crippen LogP contribution in [0.1, 0.15) is 46.5 Å². The van der Waals surface area contributed by atoms with Gasteiger partial charge in [0, 0.05) is 25.8 Å². The molecule has 2 atom stereocenters. The third-order valence-electron chi connectivity index (χ3n) is 3.47. The summed E-state index contributed by atoms with van der Waals surface area (Å²) in [7, 11) is 0. The number of ether oxygens (including phenoxy) is 1. The van der Waals surface area contributed by atoms with Crippen LogP contribution >= 0.6 is 12.2 Å². The molecule has 0 aromatic heterocycles. The fraction of sp³-hybridized carbons (Fsp3) is 0.929. The van der Waals surface area contributed by atoms with Gasteiger partial charge in [-0.25, -0.2) is 0 Å². The molecule has 2 unspecified atom stereocenters. The first-order valence-corrected chi connectivity index (χ1v) is 7.64. The molecular formula is C14H28N2OS. The SMILES string of the molecule is CCOCCCNC(=S)NC1CC(C)CC(C)C1. The maximum atomic E-state index is 5.33. The average Bonchev–Trinajstić information content (AvgIpc) is 2.27. The van der Waals surface area contributed by atoms with Gasteiger partial charge < -0.3 is 15.4 Å². The molecule has 1 aliphatic carbocycles. The van der Waals surface area contributed by atoms with E-state index in [1.807, 2.05) is 6.92 Å². The van der Waals surface area contributed by atoms with Crippen LogP contribution in [-0.2, 0) is 4.74 Å². The Morgan fingerprint density at radius 3 is 2.50 bits per heavy atom. The predicted octanol–water partition coefficient (Wildman–Crippen LogP) is 2.70. The highest BCUT2D eigenvalue weighted by atomic mass is 32.1. The summed E-state index contributed by atoms with van der Waals surface area (Å²) < 4.78 is 5.29. The van der Waals surface area contributed by atoms with Crippen LogP contribution in [0, 0.1) is 11.8 Å². The first-order chi connectivity index (χ1) is 8.61. The minimum Gasteiger partial charge on any atom is -0.382 e. The Balaban J connectivity index is 2.11. The van der Waals surface area contributed by atoms with E-state index in [-0.39, 0.29) is 0 Å². The Hall–Kier alpha value is -0.350. The highest BCUT2D eigenvalue weighted by Gasteiger charge is 2.23. The van der Waals surface area contributed by atoms with Gasteiger partial charge in [0.25, 0.3) is 0 Å². The summed E-state index contributed by atoms with van der Waals surface area (Å²) in [5.41, 5.74) is 0. The van der Waals surface area contributed by atoms with Crippen molar-refractivity contribution in [2.75, 3.05) is 19.8 Å². The summed E-state index contributed by atoms with van der Waals surface area (Å²) in [5.74, 6) is 1.62. The van der Waals surface area contributed by atoms with Gasteiger partial charge in [-0.15, -0.1) is 0 Å². The van der Waals surface area contributed by atoms with Gasteiger partial charge >= 0.3 is 0 Å². The first kappa shape index (κ1) is 15.7. The molecule has 0 saturated heterocycles. The lowest BCUT2D eigenvalue weighted by Gasteiger charge is -2.32. The summed E-state index contributed by atoms with van der Waals surface area (Å²) in [6, 6.07) is 0.552. The maximum Gasteiger partial charge on any atom is 0.166 e. The molecule has 0 bridgehead atoms. The van der Waals surface area contributed by atoms with Crippen molar-refractivity contribution in [2.24, 2.45) is 11.8 Å². The molecule has 0 amide bonds. The predicted molar refractivity (Wildman–Crippen MR) is 80.8 cm³/mol. The number of thiocarbonyl (C=S) groups is 1. The Labute approximate surface area is 117 Å². The van der Waals surface area contributed by atoms with Gasteiger partial charge in [-0.3, -0.25) is 0 Å². The van der Waals surface area contributed by atoms with Gasteiger partial charge in [-0.1, -0.05) is 13.8 Å². The zero-order valence-electron chi connectivity index (χ0n) is 12.0. The second-order valence-corrected chi connectivity index (χ2v) is 5.97. The highest BCUT2D eigenvalue weighted by Crippen LogP contribution is 2.28. The summed E-state index contributed by atoms with van der Waals surface area (Å²) in [5, 5.41) is 7.51. The lowest BCUT2D eigenvalue weighted by molar-refractivity contribution is 0.145. The van der Waals surface area contributed by atoms with Crippen LogP contribution in [0.4, 0.5) is 0 Å². The molecule has 0 aromatic rings. The van der Waals surface area contributed by atoms with Gasteiger partial charge in [-0.2, -0.15) is 0 Å². The molecule has 0 aromatic carbocycles. The Morgan fingerprint density at radius 2 is 1.89 bits per heavy atom. The monoisotopic (exact) mass is 272 g/mol. The second kappa shape index (κ2) is 8.70. The van der Waals surface area contributed by atoms with Gasteiger partial charge in [0.05, 0.1) is 0 Å². The molecule has 0 aliphatic heterocycles. The van der Waals surface area contributed by atoms with Crippen molar-refractivity contribution >= 4 is 17.3 Å². The van der Waals surface area contributed by atoms with E-state index in [9.17, 15) is 0 Å². The van der Waals surface area contributed by atoms with Gasteiger partial charge in [0.15, 0.2) is 5.11 Å². The normalized spacial score (nSPS) is 27.8. The number of rotatable bonds is 6. The summed E-state index contributed by atoms with van der Waals surface area (Å²) in [6.07, 6.45) is 4.84. The molecule has 4 heteroatoms. The standard InChI is InChI=1S/C14H28N2OS/c1-4-17-7-5-6-15-14(18)16-13-9-11(2)8-12(3)10-13/h11-13H,4-10H2,1-3H3,(H2,15,16,18). The third-order valence-corrected chi connectivity index (χ3v) is 3.73. The van der Waals surface area contributed by atoms with Crippen molar-refractivity contribution in [1.29, 1.82) is 0 Å². The molecule has 3 nitrogen and oxygen atoms in total. The van der Waals surface area contributed by atoms with Crippen LogP contribution in [0.5, 0.6) is 0 Å². The molecule has 1 saturated carbocycles. The van der Waals surface area contributed by atoms with E-state index in [1.54, 1.807) is 0 Å². The lowest BCUT2D eigenvalue weighted by Crippen LogP contribution is -2.45. The number of hydrogen-bond donors (Lipinski definition) is 2. The number of nitrogens with one attached hydrogen (secondary N) is 2. The van der Waals surface area contributed by atoms with E-state index >= 15 is 0 Å². The summed E-state index contributed by atoms with van der Waals surface area (Å²) in [6.45, 7) is 9.19. The highest BCUT2D eigenvalue weighted by molar-refractivity contribution is 7.80. The Kier molecular flexibility index (Phi) is 7.59. The van der Waals surface area contributed by atoms with Crippen LogP contribution < -0.4 is 10.6 Å². The molecule has 1 aliphatic rings. The van der Waals surface area contributed by atoms with Crippen molar-refractivity contribution in [1.82, 2.24) is 10.6 Å². The van der Waals surface area contributed by atoms with E-state index in [0.29, 0.717) is 6.04 Å². The van der Waals surface area contributed by atoms with Crippen molar-refractivity contribution in [3.8, 4) is 0 Å². The van der Waals surface area contributed by atoms with Crippen molar-refractivity contribution in [2.45, 2.75) is 52.5 Å². The smallest absolute Gasteiger partial charge is 0.166 e. The van der Waals surface area contributed by atoms with Gasteiger partial charge in [0.1, 0.15) is 0 Å². The lowest BCUT2D eigenvalue weighted by atomic mass is 9.80. The fourth-order valence-electron chi connectivity index (χ4n) is 2.82. The topological polar surface area (TPSA) is 33.3 Å². The molecule has 18 heavy (non-hydrogen) atoms. The van der Waals surface area contributed by atoms with Crippen LogP contribution in [-0.4, -0.2) is 30.9 Å². The molecule has 0 radical (unpaired) electrons. The van der Waals surface area contributed by atoms with Crippen LogP contribution in [0.25, 0.3) is 0 Å². The van der Waals surface area contributed by atoms with Crippen LogP contribution in [0.15, 0.2) is 0 Å². The minimum absolute atomic E-state index is 0.552. The van der Waals surface area contributed by atoms with Gasteiger partial charge in [-0.05, 0) is 56.7 Å². The molecular weight excluding hydrogens is 244 g/mol. The average molecular weight is 272 g/mol. The molecule has 0 heterocycles. The maximum absolute atomic E-state index is 5.33. The Morgan fingerprint density at radius 1 is 1.22 bits per heavy atom. The third kappa shape index (κ3) is 6.55. The van der Waals surface area contributed by atoms with E-state index in [2.05, 4.69) is 24.5 Å². The number of hydrogen-bond acceptors (Lipinski definition) is 2.